The van der Waals surface area contributed by atoms with E-state index < -0.39 is 5.54 Å². The second-order valence-electron chi connectivity index (χ2n) is 4.50. The Morgan fingerprint density at radius 2 is 1.80 bits per heavy atom. The number of anilines is 1. The van der Waals surface area contributed by atoms with Crippen molar-refractivity contribution in [2.75, 3.05) is 19.5 Å². The minimum Gasteiger partial charge on any atom is -0.495 e. The first-order valence-corrected chi connectivity index (χ1v) is 6.81. The van der Waals surface area contributed by atoms with Gasteiger partial charge in [-0.25, -0.2) is 0 Å². The largest absolute Gasteiger partial charge is 0.495 e. The fraction of sp³-hybridized carbons (Fsp3) is 0.500. The number of carbonyl (C=O) groups excluding carboxylic acids is 1. The van der Waals surface area contributed by atoms with Crippen molar-refractivity contribution in [2.24, 2.45) is 5.73 Å². The number of nitrogens with two attached hydrogens (primary N) is 1. The van der Waals surface area contributed by atoms with Crippen molar-refractivity contribution < 1.29 is 14.3 Å². The summed E-state index contributed by atoms with van der Waals surface area (Å²) in [6.07, 6.45) is 1.09. The lowest BCUT2D eigenvalue weighted by molar-refractivity contribution is -0.121. The smallest absolute Gasteiger partial charge is 0.244 e. The molecule has 5 nitrogen and oxygen atoms in total. The van der Waals surface area contributed by atoms with Gasteiger partial charge in [-0.2, -0.15) is 0 Å². The maximum absolute atomic E-state index is 12.3. The minimum absolute atomic E-state index is 0.262. The van der Waals surface area contributed by atoms with Gasteiger partial charge in [0.25, 0.3) is 0 Å². The van der Waals surface area contributed by atoms with E-state index in [2.05, 4.69) is 5.32 Å². The van der Waals surface area contributed by atoms with Crippen LogP contribution in [0.5, 0.6) is 11.5 Å². The number of amides is 1. The third-order valence-corrected chi connectivity index (χ3v) is 3.73. The van der Waals surface area contributed by atoms with Gasteiger partial charge >= 0.3 is 0 Å². The van der Waals surface area contributed by atoms with Gasteiger partial charge in [-0.1, -0.05) is 25.4 Å². The van der Waals surface area contributed by atoms with Crippen LogP contribution in [0.15, 0.2) is 12.1 Å². The van der Waals surface area contributed by atoms with Crippen LogP contribution in [0.4, 0.5) is 5.69 Å². The van der Waals surface area contributed by atoms with Gasteiger partial charge in [0, 0.05) is 6.07 Å². The molecule has 0 aliphatic carbocycles. The lowest BCUT2D eigenvalue weighted by atomic mass is 9.93. The zero-order chi connectivity index (χ0) is 15.3. The second kappa shape index (κ2) is 6.81. The van der Waals surface area contributed by atoms with E-state index in [-0.39, 0.29) is 5.91 Å². The van der Waals surface area contributed by atoms with Crippen molar-refractivity contribution in [3.8, 4) is 11.5 Å². The molecule has 0 atom stereocenters. The summed E-state index contributed by atoms with van der Waals surface area (Å²) in [7, 11) is 3.02. The highest BCUT2D eigenvalue weighted by molar-refractivity contribution is 6.32. The first kappa shape index (κ1) is 16.6. The van der Waals surface area contributed by atoms with E-state index >= 15 is 0 Å². The monoisotopic (exact) mass is 300 g/mol. The maximum atomic E-state index is 12.3. The van der Waals surface area contributed by atoms with Gasteiger partial charge < -0.3 is 20.5 Å². The highest BCUT2D eigenvalue weighted by atomic mass is 35.5. The predicted molar refractivity (Wildman–Crippen MR) is 80.7 cm³/mol. The number of ether oxygens (including phenoxy) is 2. The molecule has 6 heteroatoms. The molecule has 0 fully saturated rings. The molecule has 1 amide bonds. The first-order valence-electron chi connectivity index (χ1n) is 6.43. The summed E-state index contributed by atoms with van der Waals surface area (Å²) in [6.45, 7) is 3.75. The zero-order valence-electron chi connectivity index (χ0n) is 12.2. The molecular weight excluding hydrogens is 280 g/mol. The van der Waals surface area contributed by atoms with Crippen molar-refractivity contribution in [3.05, 3.63) is 17.2 Å². The summed E-state index contributed by atoms with van der Waals surface area (Å²) in [4.78, 5) is 12.3. The van der Waals surface area contributed by atoms with Crippen LogP contribution in [-0.4, -0.2) is 25.7 Å². The molecule has 0 aromatic heterocycles. The lowest BCUT2D eigenvalue weighted by Gasteiger charge is -2.25. The van der Waals surface area contributed by atoms with Crippen LogP contribution < -0.4 is 20.5 Å². The Balaban J connectivity index is 3.09. The van der Waals surface area contributed by atoms with E-state index in [0.29, 0.717) is 35.1 Å². The summed E-state index contributed by atoms with van der Waals surface area (Å²) < 4.78 is 10.3. The van der Waals surface area contributed by atoms with Crippen LogP contribution in [0.25, 0.3) is 0 Å². The van der Waals surface area contributed by atoms with Crippen molar-refractivity contribution in [2.45, 2.75) is 32.2 Å². The predicted octanol–water partition coefficient (Wildman–Crippen LogP) is 2.81. The molecule has 1 aromatic carbocycles. The van der Waals surface area contributed by atoms with E-state index in [1.54, 1.807) is 12.1 Å². The summed E-state index contributed by atoms with van der Waals surface area (Å²) >= 11 is 6.06. The quantitative estimate of drug-likeness (QED) is 0.847. The Bertz CT molecular complexity index is 488. The molecule has 112 valence electrons. The standard InChI is InChI=1S/C14H21ClN2O3/c1-5-14(16,6-2)13(18)17-10-7-9(15)11(19-3)8-12(10)20-4/h7-8H,5-6,16H2,1-4H3,(H,17,18). The number of carbonyl (C=O) groups is 1. The minimum atomic E-state index is -0.905. The van der Waals surface area contributed by atoms with E-state index in [9.17, 15) is 4.79 Å². The Morgan fingerprint density at radius 3 is 2.25 bits per heavy atom. The van der Waals surface area contributed by atoms with Crippen LogP contribution in [0.1, 0.15) is 26.7 Å². The maximum Gasteiger partial charge on any atom is 0.244 e. The van der Waals surface area contributed by atoms with Crippen molar-refractivity contribution >= 4 is 23.2 Å². The molecule has 0 aliphatic rings. The third-order valence-electron chi connectivity index (χ3n) is 3.44. The fourth-order valence-electron chi connectivity index (χ4n) is 1.78. The topological polar surface area (TPSA) is 73.6 Å². The van der Waals surface area contributed by atoms with Gasteiger partial charge in [-0.3, -0.25) is 4.79 Å². The van der Waals surface area contributed by atoms with Crippen molar-refractivity contribution in [1.82, 2.24) is 0 Å². The van der Waals surface area contributed by atoms with Crippen LogP contribution >= 0.6 is 11.6 Å². The number of hydrogen-bond donors (Lipinski definition) is 2. The molecule has 3 N–H and O–H groups in total. The fourth-order valence-corrected chi connectivity index (χ4v) is 2.02. The highest BCUT2D eigenvalue weighted by Crippen LogP contribution is 2.36. The van der Waals surface area contributed by atoms with Crippen LogP contribution in [0.3, 0.4) is 0 Å². The Hall–Kier alpha value is -1.46. The number of hydrogen-bond acceptors (Lipinski definition) is 4. The van der Waals surface area contributed by atoms with Gasteiger partial charge in [-0.05, 0) is 18.9 Å². The third kappa shape index (κ3) is 3.35. The Labute approximate surface area is 124 Å². The molecule has 0 aliphatic heterocycles. The molecule has 1 rings (SSSR count). The van der Waals surface area contributed by atoms with Gasteiger partial charge in [0.1, 0.15) is 11.5 Å². The van der Waals surface area contributed by atoms with Gasteiger partial charge in [-0.15, -0.1) is 0 Å². The number of halogens is 1. The summed E-state index contributed by atoms with van der Waals surface area (Å²) in [6, 6.07) is 3.21. The van der Waals surface area contributed by atoms with Gasteiger partial charge in [0.15, 0.2) is 0 Å². The van der Waals surface area contributed by atoms with Crippen LogP contribution in [0.2, 0.25) is 5.02 Å². The van der Waals surface area contributed by atoms with E-state index in [0.717, 1.165) is 0 Å². The second-order valence-corrected chi connectivity index (χ2v) is 4.91. The number of methoxy groups -OCH3 is 2. The number of nitrogens with one attached hydrogen (secondary N) is 1. The van der Waals surface area contributed by atoms with Crippen LogP contribution in [-0.2, 0) is 4.79 Å². The first-order chi connectivity index (χ1) is 9.41. The molecule has 0 spiro atoms. The normalized spacial score (nSPS) is 11.1. The van der Waals surface area contributed by atoms with E-state index in [1.807, 2.05) is 13.8 Å². The molecule has 0 unspecified atom stereocenters. The Kier molecular flexibility index (Phi) is 5.65. The zero-order valence-corrected chi connectivity index (χ0v) is 13.0. The molecular formula is C14H21ClN2O3. The van der Waals surface area contributed by atoms with Gasteiger partial charge in [0.2, 0.25) is 5.91 Å². The molecule has 0 radical (unpaired) electrons. The summed E-state index contributed by atoms with van der Waals surface area (Å²) in [5, 5.41) is 3.16. The van der Waals surface area contributed by atoms with Crippen LogP contribution in [0, 0.1) is 0 Å². The molecule has 1 aromatic rings. The summed E-state index contributed by atoms with van der Waals surface area (Å²) in [5.74, 6) is 0.683. The SMILES string of the molecule is CCC(N)(CC)C(=O)Nc1cc(Cl)c(OC)cc1OC. The summed E-state index contributed by atoms with van der Waals surface area (Å²) in [5.41, 5.74) is 5.63. The molecule has 0 saturated heterocycles. The number of benzene rings is 1. The molecule has 0 saturated carbocycles. The molecule has 0 heterocycles. The average molecular weight is 301 g/mol. The average Bonchev–Trinajstić information content (AvgIpc) is 2.46. The molecule has 0 bridgehead atoms. The van der Waals surface area contributed by atoms with Crippen molar-refractivity contribution in [3.63, 3.8) is 0 Å². The van der Waals surface area contributed by atoms with E-state index in [4.69, 9.17) is 26.8 Å². The van der Waals surface area contributed by atoms with Crippen molar-refractivity contribution in [1.29, 1.82) is 0 Å². The van der Waals surface area contributed by atoms with E-state index in [1.165, 1.54) is 14.2 Å². The lowest BCUT2D eigenvalue weighted by Crippen LogP contribution is -2.50. The highest BCUT2D eigenvalue weighted by Gasteiger charge is 2.30. The Morgan fingerprint density at radius 1 is 1.25 bits per heavy atom. The number of rotatable bonds is 6. The molecule has 20 heavy (non-hydrogen) atoms. The van der Waals surface area contributed by atoms with Gasteiger partial charge in [0.05, 0.1) is 30.5 Å².